The van der Waals surface area contributed by atoms with E-state index >= 15 is 0 Å². The summed E-state index contributed by atoms with van der Waals surface area (Å²) in [4.78, 5) is 16.9. The number of benzene rings is 1. The molecule has 1 fully saturated rings. The zero-order chi connectivity index (χ0) is 16.4. The number of carbonyl (C=O) groups excluding carboxylic acids is 1. The second kappa shape index (κ2) is 6.84. The Balaban J connectivity index is 1.59. The van der Waals surface area contributed by atoms with Crippen LogP contribution in [0.3, 0.4) is 0 Å². The van der Waals surface area contributed by atoms with Crippen LogP contribution in [0.1, 0.15) is 21.6 Å². The number of aromatic nitrogens is 2. The molecule has 1 aromatic carbocycles. The number of nitrogens with zero attached hydrogens (tertiary/aromatic N) is 4. The molecule has 2 heterocycles. The minimum atomic E-state index is 0.0482. The Morgan fingerprint density at radius 3 is 2.61 bits per heavy atom. The van der Waals surface area contributed by atoms with Crippen LogP contribution in [0.25, 0.3) is 0 Å². The van der Waals surface area contributed by atoms with E-state index in [9.17, 15) is 4.79 Å². The van der Waals surface area contributed by atoms with Gasteiger partial charge in [-0.05, 0) is 28.4 Å². The molecule has 0 atom stereocenters. The highest BCUT2D eigenvalue weighted by atomic mass is 79.9. The highest BCUT2D eigenvalue weighted by Crippen LogP contribution is 2.18. The van der Waals surface area contributed by atoms with Crippen molar-refractivity contribution in [2.45, 2.75) is 13.5 Å². The zero-order valence-corrected chi connectivity index (χ0v) is 15.1. The summed E-state index contributed by atoms with van der Waals surface area (Å²) in [7, 11) is 1.80. The van der Waals surface area contributed by atoms with Crippen molar-refractivity contribution in [1.82, 2.24) is 19.6 Å². The van der Waals surface area contributed by atoms with Gasteiger partial charge in [0.1, 0.15) is 5.69 Å². The van der Waals surface area contributed by atoms with Crippen molar-refractivity contribution in [3.8, 4) is 0 Å². The van der Waals surface area contributed by atoms with E-state index in [1.165, 1.54) is 11.1 Å². The fourth-order valence-electron chi connectivity index (χ4n) is 2.98. The lowest BCUT2D eigenvalue weighted by atomic mass is 10.1. The first-order chi connectivity index (χ1) is 11.0. The number of aryl methyl sites for hydroxylation is 2. The lowest BCUT2D eigenvalue weighted by Gasteiger charge is -2.34. The van der Waals surface area contributed by atoms with E-state index < -0.39 is 0 Å². The van der Waals surface area contributed by atoms with Crippen LogP contribution >= 0.6 is 15.9 Å². The maximum Gasteiger partial charge on any atom is 0.273 e. The predicted octanol–water partition coefficient (Wildman–Crippen LogP) is 2.45. The molecule has 1 aliphatic rings. The van der Waals surface area contributed by atoms with Gasteiger partial charge in [-0.15, -0.1) is 0 Å². The van der Waals surface area contributed by atoms with Crippen molar-refractivity contribution in [1.29, 1.82) is 0 Å². The third-order valence-corrected chi connectivity index (χ3v) is 4.83. The van der Waals surface area contributed by atoms with E-state index in [1.54, 1.807) is 17.9 Å². The summed E-state index contributed by atoms with van der Waals surface area (Å²) in [5.41, 5.74) is 3.24. The second-order valence-electron chi connectivity index (χ2n) is 6.02. The van der Waals surface area contributed by atoms with Gasteiger partial charge in [0.05, 0.1) is 10.7 Å². The van der Waals surface area contributed by atoms with Crippen molar-refractivity contribution >= 4 is 21.8 Å². The molecule has 1 amide bonds. The van der Waals surface area contributed by atoms with E-state index in [4.69, 9.17) is 0 Å². The molecular formula is C17H21BrN4O. The lowest BCUT2D eigenvalue weighted by Crippen LogP contribution is -2.48. The maximum atomic E-state index is 12.6. The molecule has 0 spiro atoms. The lowest BCUT2D eigenvalue weighted by molar-refractivity contribution is 0.0617. The fraction of sp³-hybridized carbons (Fsp3) is 0.412. The minimum Gasteiger partial charge on any atom is -0.335 e. The van der Waals surface area contributed by atoms with Crippen LogP contribution in [0.4, 0.5) is 0 Å². The van der Waals surface area contributed by atoms with Gasteiger partial charge < -0.3 is 4.90 Å². The molecule has 23 heavy (non-hydrogen) atoms. The quantitative estimate of drug-likeness (QED) is 0.825. The van der Waals surface area contributed by atoms with Gasteiger partial charge in [0, 0.05) is 39.8 Å². The Morgan fingerprint density at radius 2 is 2.00 bits per heavy atom. The normalized spacial score (nSPS) is 15.9. The summed E-state index contributed by atoms with van der Waals surface area (Å²) in [6, 6.07) is 8.61. The van der Waals surface area contributed by atoms with Crippen LogP contribution in [0.2, 0.25) is 0 Å². The SMILES string of the molecule is Cc1cccc(CN2CCN(C(=O)c3c(Br)cnn3C)CC2)c1. The minimum absolute atomic E-state index is 0.0482. The number of piperazine rings is 1. The molecule has 0 radical (unpaired) electrons. The first-order valence-electron chi connectivity index (χ1n) is 7.79. The molecule has 0 saturated carbocycles. The van der Waals surface area contributed by atoms with Gasteiger partial charge in [0.15, 0.2) is 0 Å². The molecule has 5 nitrogen and oxygen atoms in total. The largest absolute Gasteiger partial charge is 0.335 e. The molecule has 0 unspecified atom stereocenters. The molecule has 6 heteroatoms. The van der Waals surface area contributed by atoms with Crippen LogP contribution in [0.15, 0.2) is 34.9 Å². The second-order valence-corrected chi connectivity index (χ2v) is 6.88. The summed E-state index contributed by atoms with van der Waals surface area (Å²) in [6.45, 7) is 6.36. The Bertz CT molecular complexity index is 685. The number of hydrogen-bond acceptors (Lipinski definition) is 3. The van der Waals surface area contributed by atoms with Crippen LogP contribution in [0, 0.1) is 6.92 Å². The smallest absolute Gasteiger partial charge is 0.273 e. The molecule has 1 aliphatic heterocycles. The van der Waals surface area contributed by atoms with Gasteiger partial charge >= 0.3 is 0 Å². The third-order valence-electron chi connectivity index (χ3n) is 4.24. The maximum absolute atomic E-state index is 12.6. The number of amides is 1. The first-order valence-corrected chi connectivity index (χ1v) is 8.58. The van der Waals surface area contributed by atoms with Crippen molar-refractivity contribution < 1.29 is 4.79 Å². The van der Waals surface area contributed by atoms with E-state index in [1.807, 2.05) is 4.90 Å². The summed E-state index contributed by atoms with van der Waals surface area (Å²) >= 11 is 3.41. The Morgan fingerprint density at radius 1 is 1.26 bits per heavy atom. The number of hydrogen-bond donors (Lipinski definition) is 0. The van der Waals surface area contributed by atoms with Crippen LogP contribution in [-0.4, -0.2) is 51.7 Å². The molecule has 1 aromatic heterocycles. The van der Waals surface area contributed by atoms with Gasteiger partial charge in [0.2, 0.25) is 0 Å². The molecule has 0 bridgehead atoms. The number of carbonyl (C=O) groups is 1. The van der Waals surface area contributed by atoms with E-state index in [2.05, 4.69) is 57.1 Å². The van der Waals surface area contributed by atoms with E-state index in [-0.39, 0.29) is 5.91 Å². The Kier molecular flexibility index (Phi) is 4.82. The predicted molar refractivity (Wildman–Crippen MR) is 93.3 cm³/mol. The standard InChI is InChI=1S/C17H21BrN4O/c1-13-4-3-5-14(10-13)12-21-6-8-22(9-7-21)17(23)16-15(18)11-19-20(16)2/h3-5,10-11H,6-9,12H2,1-2H3. The van der Waals surface area contributed by atoms with Gasteiger partial charge in [0.25, 0.3) is 5.91 Å². The molecule has 3 rings (SSSR count). The third kappa shape index (κ3) is 3.64. The topological polar surface area (TPSA) is 41.4 Å². The average Bonchev–Trinajstić information content (AvgIpc) is 2.86. The van der Waals surface area contributed by atoms with Crippen LogP contribution < -0.4 is 0 Å². The monoisotopic (exact) mass is 376 g/mol. The van der Waals surface area contributed by atoms with E-state index in [0.717, 1.165) is 37.2 Å². The molecule has 2 aromatic rings. The van der Waals surface area contributed by atoms with Crippen molar-refractivity contribution in [2.75, 3.05) is 26.2 Å². The molecule has 0 aliphatic carbocycles. The summed E-state index contributed by atoms with van der Waals surface area (Å²) in [6.07, 6.45) is 1.67. The van der Waals surface area contributed by atoms with Gasteiger partial charge in [-0.25, -0.2) is 0 Å². The number of rotatable bonds is 3. The van der Waals surface area contributed by atoms with Crippen molar-refractivity contribution in [2.24, 2.45) is 7.05 Å². The number of halogens is 1. The van der Waals surface area contributed by atoms with Gasteiger partial charge in [-0.2, -0.15) is 5.10 Å². The Hall–Kier alpha value is -1.66. The fourth-order valence-corrected chi connectivity index (χ4v) is 3.50. The summed E-state index contributed by atoms with van der Waals surface area (Å²) in [5, 5.41) is 4.12. The van der Waals surface area contributed by atoms with E-state index in [0.29, 0.717) is 5.69 Å². The van der Waals surface area contributed by atoms with Crippen molar-refractivity contribution in [3.63, 3.8) is 0 Å². The molecule has 122 valence electrons. The molecule has 1 saturated heterocycles. The molecule has 0 N–H and O–H groups in total. The summed E-state index contributed by atoms with van der Waals surface area (Å²) in [5.74, 6) is 0.0482. The zero-order valence-electron chi connectivity index (χ0n) is 13.5. The summed E-state index contributed by atoms with van der Waals surface area (Å²) < 4.78 is 2.39. The van der Waals surface area contributed by atoms with Gasteiger partial charge in [-0.1, -0.05) is 29.8 Å². The first kappa shape index (κ1) is 16.2. The average molecular weight is 377 g/mol. The Labute approximate surface area is 145 Å². The highest BCUT2D eigenvalue weighted by Gasteiger charge is 2.25. The van der Waals surface area contributed by atoms with Crippen molar-refractivity contribution in [3.05, 3.63) is 51.8 Å². The van der Waals surface area contributed by atoms with Crippen LogP contribution in [-0.2, 0) is 13.6 Å². The van der Waals surface area contributed by atoms with Crippen LogP contribution in [0.5, 0.6) is 0 Å². The van der Waals surface area contributed by atoms with Gasteiger partial charge in [-0.3, -0.25) is 14.4 Å². The molecular weight excluding hydrogens is 356 g/mol. The highest BCUT2D eigenvalue weighted by molar-refractivity contribution is 9.10.